The molecule has 3 aromatic carbocycles. The Morgan fingerprint density at radius 2 is 1.71 bits per heavy atom. The zero-order chi connectivity index (χ0) is 19.3. The van der Waals surface area contributed by atoms with Crippen LogP contribution in [0.1, 0.15) is 33.0 Å². The summed E-state index contributed by atoms with van der Waals surface area (Å²) in [4.78, 5) is 12.9. The molecule has 4 rings (SSSR count). The highest BCUT2D eigenvalue weighted by Gasteiger charge is 2.17. The van der Waals surface area contributed by atoms with E-state index < -0.39 is 0 Å². The zero-order valence-electron chi connectivity index (χ0n) is 15.6. The highest BCUT2D eigenvalue weighted by molar-refractivity contribution is 6.05. The van der Waals surface area contributed by atoms with Crippen LogP contribution in [0.5, 0.6) is 0 Å². The van der Waals surface area contributed by atoms with Crippen LogP contribution in [0.4, 0.5) is 0 Å². The Bertz CT molecular complexity index is 1080. The van der Waals surface area contributed by atoms with Crippen molar-refractivity contribution in [3.63, 3.8) is 0 Å². The van der Waals surface area contributed by atoms with Gasteiger partial charge in [-0.3, -0.25) is 4.79 Å². The Balaban J connectivity index is 1.56. The van der Waals surface area contributed by atoms with Crippen molar-refractivity contribution in [2.24, 2.45) is 0 Å². The van der Waals surface area contributed by atoms with E-state index in [0.717, 1.165) is 28.5 Å². The number of amides is 1. The van der Waals surface area contributed by atoms with Crippen LogP contribution in [0.3, 0.4) is 0 Å². The molecule has 3 nitrogen and oxygen atoms in total. The lowest BCUT2D eigenvalue weighted by Crippen LogP contribution is -2.29. The lowest BCUT2D eigenvalue weighted by atomic mass is 9.89. The summed E-state index contributed by atoms with van der Waals surface area (Å²) in [7, 11) is 0. The molecule has 0 fully saturated rings. The van der Waals surface area contributed by atoms with Crippen molar-refractivity contribution < 1.29 is 9.21 Å². The quantitative estimate of drug-likeness (QED) is 0.497. The fourth-order valence-electron chi connectivity index (χ4n) is 3.63. The third-order valence-corrected chi connectivity index (χ3v) is 5.07. The van der Waals surface area contributed by atoms with Gasteiger partial charge >= 0.3 is 0 Å². The predicted octanol–water partition coefficient (Wildman–Crippen LogP) is 5.37. The van der Waals surface area contributed by atoms with Crippen molar-refractivity contribution in [1.29, 1.82) is 0 Å². The van der Waals surface area contributed by atoms with Gasteiger partial charge in [-0.1, -0.05) is 60.7 Å². The number of carbonyl (C=O) groups is 1. The number of benzene rings is 3. The van der Waals surface area contributed by atoms with E-state index in [0.29, 0.717) is 12.1 Å². The van der Waals surface area contributed by atoms with Gasteiger partial charge in [0, 0.05) is 17.8 Å². The summed E-state index contributed by atoms with van der Waals surface area (Å²) in [6, 6.07) is 25.8. The van der Waals surface area contributed by atoms with Gasteiger partial charge in [0.1, 0.15) is 5.58 Å². The van der Waals surface area contributed by atoms with Crippen LogP contribution in [-0.2, 0) is 6.42 Å². The van der Waals surface area contributed by atoms with Crippen LogP contribution >= 0.6 is 0 Å². The Morgan fingerprint density at radius 3 is 2.54 bits per heavy atom. The van der Waals surface area contributed by atoms with E-state index in [2.05, 4.69) is 30.4 Å². The van der Waals surface area contributed by atoms with Crippen LogP contribution in [0.15, 0.2) is 89.5 Å². The van der Waals surface area contributed by atoms with E-state index in [4.69, 9.17) is 4.42 Å². The number of fused-ring (bicyclic) bond motifs is 1. The van der Waals surface area contributed by atoms with Crippen LogP contribution in [0.25, 0.3) is 11.0 Å². The number of nitrogens with one attached hydrogen (secondary N) is 1. The Morgan fingerprint density at radius 1 is 0.929 bits per heavy atom. The maximum Gasteiger partial charge on any atom is 0.252 e. The molecule has 1 aromatic heterocycles. The molecule has 0 aliphatic carbocycles. The van der Waals surface area contributed by atoms with Crippen LogP contribution in [0, 0.1) is 6.92 Å². The number of rotatable bonds is 6. The second kappa shape index (κ2) is 8.13. The molecule has 1 amide bonds. The molecule has 1 N–H and O–H groups in total. The molecule has 0 bridgehead atoms. The van der Waals surface area contributed by atoms with E-state index in [-0.39, 0.29) is 11.8 Å². The van der Waals surface area contributed by atoms with Gasteiger partial charge in [-0.25, -0.2) is 0 Å². The molecule has 28 heavy (non-hydrogen) atoms. The van der Waals surface area contributed by atoms with Crippen molar-refractivity contribution >= 4 is 16.9 Å². The summed E-state index contributed by atoms with van der Waals surface area (Å²) in [5.41, 5.74) is 4.74. The van der Waals surface area contributed by atoms with E-state index in [9.17, 15) is 4.79 Å². The topological polar surface area (TPSA) is 42.2 Å². The van der Waals surface area contributed by atoms with Gasteiger partial charge in [-0.05, 0) is 48.2 Å². The van der Waals surface area contributed by atoms with Crippen molar-refractivity contribution in [3.05, 3.63) is 114 Å². The lowest BCUT2D eigenvalue weighted by molar-refractivity contribution is 0.0952. The van der Waals surface area contributed by atoms with E-state index in [1.54, 1.807) is 6.26 Å². The second-order valence-corrected chi connectivity index (χ2v) is 6.93. The molecule has 3 heteroatoms. The molecule has 4 aromatic rings. The third-order valence-electron chi connectivity index (χ3n) is 5.07. The van der Waals surface area contributed by atoms with Gasteiger partial charge in [0.15, 0.2) is 0 Å². The molecule has 0 saturated carbocycles. The fraction of sp³-hybridized carbons (Fsp3) is 0.120. The van der Waals surface area contributed by atoms with Crippen molar-refractivity contribution in [1.82, 2.24) is 5.32 Å². The summed E-state index contributed by atoms with van der Waals surface area (Å²) in [6.45, 7) is 4.71. The predicted molar refractivity (Wildman–Crippen MR) is 112 cm³/mol. The number of hydrogen-bond donors (Lipinski definition) is 1. The first-order valence-electron chi connectivity index (χ1n) is 9.41. The standard InChI is InChI=1S/C25H22NO2/c1-18-8-5-6-11-21(18)20(16-19-9-3-2-4-10-19)17-26-25(27)23-12-7-13-24-22(23)14-15-28-24/h2-15,20H,1,16-17H2,(H,26,27). The molecule has 0 aliphatic rings. The summed E-state index contributed by atoms with van der Waals surface area (Å²) in [5.74, 6) is 0.0511. The molecule has 0 spiro atoms. The van der Waals surface area contributed by atoms with Gasteiger partial charge in [0.25, 0.3) is 5.91 Å². The monoisotopic (exact) mass is 368 g/mol. The largest absolute Gasteiger partial charge is 0.464 e. The summed E-state index contributed by atoms with van der Waals surface area (Å²) in [5, 5.41) is 3.95. The smallest absolute Gasteiger partial charge is 0.252 e. The van der Waals surface area contributed by atoms with Gasteiger partial charge in [0.05, 0.1) is 11.8 Å². The zero-order valence-corrected chi connectivity index (χ0v) is 15.6. The molecule has 1 atom stereocenters. The average Bonchev–Trinajstić information content (AvgIpc) is 3.21. The Hall–Kier alpha value is -3.33. The van der Waals surface area contributed by atoms with Crippen LogP contribution in [-0.4, -0.2) is 12.5 Å². The molecule has 0 saturated heterocycles. The summed E-state index contributed by atoms with van der Waals surface area (Å²) < 4.78 is 5.41. The Kier molecular flexibility index (Phi) is 5.24. The third kappa shape index (κ3) is 3.84. The van der Waals surface area contributed by atoms with E-state index in [1.807, 2.05) is 60.7 Å². The maximum atomic E-state index is 12.9. The minimum absolute atomic E-state index is 0.0911. The molecule has 1 heterocycles. The molecular formula is C25H22NO2. The fourth-order valence-corrected chi connectivity index (χ4v) is 3.63. The van der Waals surface area contributed by atoms with E-state index >= 15 is 0 Å². The SMILES string of the molecule is [CH2]c1ccccc1C(CNC(=O)c1cccc2occc12)Cc1ccccc1. The van der Waals surface area contributed by atoms with Gasteiger partial charge in [0.2, 0.25) is 0 Å². The van der Waals surface area contributed by atoms with E-state index in [1.165, 1.54) is 5.56 Å². The lowest BCUT2D eigenvalue weighted by Gasteiger charge is -2.20. The average molecular weight is 368 g/mol. The highest BCUT2D eigenvalue weighted by Crippen LogP contribution is 2.24. The second-order valence-electron chi connectivity index (χ2n) is 6.93. The molecule has 1 unspecified atom stereocenters. The normalized spacial score (nSPS) is 12.0. The first-order valence-corrected chi connectivity index (χ1v) is 9.41. The van der Waals surface area contributed by atoms with Gasteiger partial charge in [-0.2, -0.15) is 0 Å². The molecule has 1 radical (unpaired) electrons. The number of hydrogen-bond acceptors (Lipinski definition) is 2. The Labute approximate surface area is 165 Å². The molecular weight excluding hydrogens is 346 g/mol. The highest BCUT2D eigenvalue weighted by atomic mass is 16.3. The van der Waals surface area contributed by atoms with Crippen molar-refractivity contribution in [2.75, 3.05) is 6.54 Å². The van der Waals surface area contributed by atoms with Crippen LogP contribution in [0.2, 0.25) is 0 Å². The minimum atomic E-state index is -0.0911. The summed E-state index contributed by atoms with van der Waals surface area (Å²) in [6.07, 6.45) is 2.45. The first-order chi connectivity index (χ1) is 13.7. The van der Waals surface area contributed by atoms with Gasteiger partial charge in [-0.15, -0.1) is 0 Å². The first kappa shape index (κ1) is 18.1. The minimum Gasteiger partial charge on any atom is -0.464 e. The summed E-state index contributed by atoms with van der Waals surface area (Å²) >= 11 is 0. The molecule has 139 valence electrons. The van der Waals surface area contributed by atoms with Crippen molar-refractivity contribution in [2.45, 2.75) is 12.3 Å². The maximum absolute atomic E-state index is 12.9. The number of carbonyl (C=O) groups excluding carboxylic acids is 1. The number of furan rings is 1. The van der Waals surface area contributed by atoms with Crippen LogP contribution < -0.4 is 5.32 Å². The van der Waals surface area contributed by atoms with Crippen molar-refractivity contribution in [3.8, 4) is 0 Å². The van der Waals surface area contributed by atoms with Gasteiger partial charge < -0.3 is 9.73 Å². The molecule has 0 aliphatic heterocycles.